The first-order valence-electron chi connectivity index (χ1n) is 1.88. The van der Waals surface area contributed by atoms with E-state index in [-0.39, 0.29) is 5.57 Å². The molecule has 0 aliphatic carbocycles. The fourth-order valence-corrected chi connectivity index (χ4v) is 0.161. The first-order valence-corrected chi connectivity index (χ1v) is 1.88. The zero-order chi connectivity index (χ0) is 7.11. The lowest BCUT2D eigenvalue weighted by molar-refractivity contribution is 0.397. The van der Waals surface area contributed by atoms with Gasteiger partial charge in [-0.15, -0.1) is 0 Å². The van der Waals surface area contributed by atoms with Crippen molar-refractivity contribution in [2.24, 2.45) is 0 Å². The first-order chi connectivity index (χ1) is 4.35. The molecular weight excluding hydrogens is 120 g/mol. The van der Waals surface area contributed by atoms with E-state index in [0.29, 0.717) is 0 Å². The summed E-state index contributed by atoms with van der Waals surface area (Å²) in [5.41, 5.74) is -0.265. The van der Waals surface area contributed by atoms with Gasteiger partial charge in [0.2, 0.25) is 0 Å². The van der Waals surface area contributed by atoms with Crippen LogP contribution in [0.4, 0.5) is 0 Å². The van der Waals surface area contributed by atoms with Crippen molar-refractivity contribution in [3.05, 3.63) is 11.8 Å². The Morgan fingerprint density at radius 1 is 1.44 bits per heavy atom. The number of rotatable bonds is 2. The van der Waals surface area contributed by atoms with Gasteiger partial charge in [-0.2, -0.15) is 10.5 Å². The highest BCUT2D eigenvalue weighted by molar-refractivity contribution is 5.42. The summed E-state index contributed by atoms with van der Waals surface area (Å²) in [6, 6.07) is 2.97. The Hall–Kier alpha value is -1.81. The molecule has 0 bridgehead atoms. The van der Waals surface area contributed by atoms with Crippen molar-refractivity contribution in [1.82, 2.24) is 0 Å². The Bertz CT molecular complexity index is 190. The molecule has 1 radical (unpaired) electrons. The van der Waals surface area contributed by atoms with E-state index in [1.54, 1.807) is 0 Å². The molecule has 0 saturated carbocycles. The van der Waals surface area contributed by atoms with Crippen molar-refractivity contribution in [3.63, 3.8) is 0 Å². The van der Waals surface area contributed by atoms with Crippen LogP contribution in [-0.2, 0) is 9.53 Å². The van der Waals surface area contributed by atoms with E-state index in [1.807, 2.05) is 0 Å². The second kappa shape index (κ2) is 4.35. The minimum atomic E-state index is -0.265. The lowest BCUT2D eigenvalue weighted by atomic mass is 10.4. The van der Waals surface area contributed by atoms with Gasteiger partial charge in [0, 0.05) is 0 Å². The van der Waals surface area contributed by atoms with Gasteiger partial charge in [-0.3, -0.25) is 0 Å². The summed E-state index contributed by atoms with van der Waals surface area (Å²) in [5.74, 6) is 0. The summed E-state index contributed by atoms with van der Waals surface area (Å²) in [6.45, 7) is 1.04. The van der Waals surface area contributed by atoms with E-state index in [2.05, 4.69) is 4.74 Å². The van der Waals surface area contributed by atoms with Gasteiger partial charge in [-0.1, -0.05) is 0 Å². The zero-order valence-electron chi connectivity index (χ0n) is 4.29. The molecule has 0 unspecified atom stereocenters. The number of hydrogen-bond donors (Lipinski definition) is 0. The zero-order valence-corrected chi connectivity index (χ0v) is 4.29. The molecule has 0 fully saturated rings. The molecule has 4 nitrogen and oxygen atoms in total. The third-order valence-electron chi connectivity index (χ3n) is 0.466. The van der Waals surface area contributed by atoms with Crippen LogP contribution in [0.15, 0.2) is 11.8 Å². The quantitative estimate of drug-likeness (QED) is 0.380. The maximum Gasteiger partial charge on any atom is 0.422 e. The van der Waals surface area contributed by atoms with E-state index in [0.717, 1.165) is 12.7 Å². The summed E-state index contributed by atoms with van der Waals surface area (Å²) < 4.78 is 3.86. The molecule has 0 aromatic rings. The SMILES string of the molecule is N#CC(C#N)=CO[C]=O. The lowest BCUT2D eigenvalue weighted by Crippen LogP contribution is -1.77. The number of nitriles is 2. The molecule has 0 amide bonds. The molecule has 0 saturated heterocycles. The molecular formula is C5HN2O2. The molecule has 0 N–H and O–H groups in total. The molecule has 9 heavy (non-hydrogen) atoms. The van der Waals surface area contributed by atoms with Crippen molar-refractivity contribution in [2.45, 2.75) is 0 Å². The van der Waals surface area contributed by atoms with Crippen LogP contribution >= 0.6 is 0 Å². The van der Waals surface area contributed by atoms with E-state index in [9.17, 15) is 4.79 Å². The standard InChI is InChI=1S/C5HN2O2/c6-1-5(2-7)3-9-4-8/h3H. The normalized spacial score (nSPS) is 6.00. The van der Waals surface area contributed by atoms with Crippen LogP contribution in [0.2, 0.25) is 0 Å². The molecule has 0 aliphatic heterocycles. The first kappa shape index (κ1) is 7.19. The van der Waals surface area contributed by atoms with E-state index < -0.39 is 0 Å². The highest BCUT2D eigenvalue weighted by Crippen LogP contribution is 1.86. The van der Waals surface area contributed by atoms with Crippen LogP contribution in [0.3, 0.4) is 0 Å². The lowest BCUT2D eigenvalue weighted by Gasteiger charge is -1.77. The van der Waals surface area contributed by atoms with Crippen molar-refractivity contribution in [3.8, 4) is 12.1 Å². The van der Waals surface area contributed by atoms with Gasteiger partial charge in [0.05, 0.1) is 0 Å². The molecule has 0 aliphatic rings. The van der Waals surface area contributed by atoms with E-state index in [4.69, 9.17) is 10.5 Å². The Balaban J connectivity index is 4.00. The molecule has 43 valence electrons. The summed E-state index contributed by atoms with van der Waals surface area (Å²) in [5, 5.41) is 16.0. The summed E-state index contributed by atoms with van der Waals surface area (Å²) in [4.78, 5) is 9.33. The maximum atomic E-state index is 9.33. The topological polar surface area (TPSA) is 73.9 Å². The highest BCUT2D eigenvalue weighted by Gasteiger charge is 1.88. The number of ether oxygens (including phenoxy) is 1. The second-order valence-electron chi connectivity index (χ2n) is 0.956. The largest absolute Gasteiger partial charge is 0.424 e. The van der Waals surface area contributed by atoms with Crippen LogP contribution in [0.1, 0.15) is 0 Å². The molecule has 0 heterocycles. The summed E-state index contributed by atoms with van der Waals surface area (Å²) in [6.07, 6.45) is 0.729. The average molecular weight is 121 g/mol. The van der Waals surface area contributed by atoms with Crippen LogP contribution < -0.4 is 0 Å². The third kappa shape index (κ3) is 2.84. The minimum absolute atomic E-state index is 0.265. The molecule has 4 heteroatoms. The monoisotopic (exact) mass is 121 g/mol. The fraction of sp³-hybridized carbons (Fsp3) is 0. The molecule has 0 aromatic carbocycles. The Morgan fingerprint density at radius 3 is 2.33 bits per heavy atom. The smallest absolute Gasteiger partial charge is 0.422 e. The highest BCUT2D eigenvalue weighted by atomic mass is 16.5. The maximum absolute atomic E-state index is 9.33. The molecule has 0 spiro atoms. The Kier molecular flexibility index (Phi) is 3.48. The van der Waals surface area contributed by atoms with Crippen LogP contribution in [0.5, 0.6) is 0 Å². The average Bonchev–Trinajstić information content (AvgIpc) is 1.91. The van der Waals surface area contributed by atoms with Crippen LogP contribution in [0, 0.1) is 22.7 Å². The van der Waals surface area contributed by atoms with Crippen molar-refractivity contribution >= 4 is 6.47 Å². The number of allylic oxidation sites excluding steroid dienone is 1. The van der Waals surface area contributed by atoms with Gasteiger partial charge in [0.1, 0.15) is 18.4 Å². The van der Waals surface area contributed by atoms with Crippen molar-refractivity contribution in [1.29, 1.82) is 10.5 Å². The third-order valence-corrected chi connectivity index (χ3v) is 0.466. The number of nitrogens with zero attached hydrogens (tertiary/aromatic N) is 2. The predicted molar refractivity (Wildman–Crippen MR) is 26.1 cm³/mol. The minimum Gasteiger partial charge on any atom is -0.424 e. The van der Waals surface area contributed by atoms with Gasteiger partial charge in [0.25, 0.3) is 0 Å². The second-order valence-corrected chi connectivity index (χ2v) is 0.956. The van der Waals surface area contributed by atoms with Crippen molar-refractivity contribution < 1.29 is 9.53 Å². The fourth-order valence-electron chi connectivity index (χ4n) is 0.161. The number of hydrogen-bond acceptors (Lipinski definition) is 4. The van der Waals surface area contributed by atoms with Gasteiger partial charge in [0.15, 0.2) is 5.57 Å². The Morgan fingerprint density at radius 2 is 2.00 bits per heavy atom. The summed E-state index contributed by atoms with van der Waals surface area (Å²) >= 11 is 0. The summed E-state index contributed by atoms with van der Waals surface area (Å²) in [7, 11) is 0. The molecule has 0 aromatic heterocycles. The van der Waals surface area contributed by atoms with E-state index >= 15 is 0 Å². The Labute approximate surface area is 51.6 Å². The van der Waals surface area contributed by atoms with Gasteiger partial charge in [-0.05, 0) is 0 Å². The van der Waals surface area contributed by atoms with Gasteiger partial charge >= 0.3 is 6.47 Å². The van der Waals surface area contributed by atoms with Gasteiger partial charge in [-0.25, -0.2) is 4.79 Å². The van der Waals surface area contributed by atoms with Gasteiger partial charge < -0.3 is 4.74 Å². The van der Waals surface area contributed by atoms with Crippen LogP contribution in [0.25, 0.3) is 0 Å². The van der Waals surface area contributed by atoms with E-state index in [1.165, 1.54) is 12.1 Å². The van der Waals surface area contributed by atoms with Crippen molar-refractivity contribution in [2.75, 3.05) is 0 Å². The molecule has 0 rings (SSSR count). The number of carbonyl (C=O) groups excluding carboxylic acids is 1. The molecule has 0 atom stereocenters. The van der Waals surface area contributed by atoms with Crippen LogP contribution in [-0.4, -0.2) is 6.47 Å². The predicted octanol–water partition coefficient (Wildman–Crippen LogP) is 0.00126.